The van der Waals surface area contributed by atoms with Crippen molar-refractivity contribution in [3.8, 4) is 0 Å². The third-order valence-corrected chi connectivity index (χ3v) is 4.51. The van der Waals surface area contributed by atoms with Gasteiger partial charge in [0.05, 0.1) is 0 Å². The molecule has 0 spiro atoms. The van der Waals surface area contributed by atoms with E-state index in [9.17, 15) is 12.8 Å². The molecule has 0 atom stereocenters. The zero-order chi connectivity index (χ0) is 13.9. The molecule has 0 saturated carbocycles. The Kier molecular flexibility index (Phi) is 4.34. The maximum absolute atomic E-state index is 13.8. The van der Waals surface area contributed by atoms with Crippen LogP contribution < -0.4 is 10.0 Å². The van der Waals surface area contributed by atoms with E-state index in [4.69, 9.17) is 0 Å². The monoisotopic (exact) mass is 284 g/mol. The molecule has 6 heteroatoms. The van der Waals surface area contributed by atoms with Crippen molar-refractivity contribution in [2.75, 3.05) is 19.6 Å². The highest BCUT2D eigenvalue weighted by molar-refractivity contribution is 7.89. The fourth-order valence-corrected chi connectivity index (χ4v) is 3.11. The minimum Gasteiger partial charge on any atom is -0.313 e. The average Bonchev–Trinajstić information content (AvgIpc) is 2.41. The first-order valence-electron chi connectivity index (χ1n) is 6.14. The largest absolute Gasteiger partial charge is 0.313 e. The lowest BCUT2D eigenvalue weighted by atomic mass is 10.1. The van der Waals surface area contributed by atoms with Gasteiger partial charge in [-0.05, 0) is 31.5 Å². The van der Waals surface area contributed by atoms with Crippen LogP contribution in [0.4, 0.5) is 4.39 Å². The molecule has 2 N–H and O–H groups in total. The second-order valence-electron chi connectivity index (χ2n) is 4.53. The van der Waals surface area contributed by atoms with E-state index in [2.05, 4.69) is 10.0 Å². The van der Waals surface area contributed by atoms with Gasteiger partial charge in [0.1, 0.15) is 10.7 Å². The number of halogens is 1. The maximum Gasteiger partial charge on any atom is 0.243 e. The summed E-state index contributed by atoms with van der Waals surface area (Å²) in [6.45, 7) is 3.36. The van der Waals surface area contributed by atoms with Crippen LogP contribution in [0.3, 0.4) is 0 Å². The first kappa shape index (κ1) is 14.2. The average molecular weight is 284 g/mol. The summed E-state index contributed by atoms with van der Waals surface area (Å²) >= 11 is 0. The molecular formula is C13H17FN2O2S. The summed E-state index contributed by atoms with van der Waals surface area (Å²) in [6.07, 6.45) is 2.76. The van der Waals surface area contributed by atoms with E-state index in [1.807, 2.05) is 6.08 Å². The molecule has 2 rings (SSSR count). The molecule has 0 fully saturated rings. The number of aryl methyl sites for hydroxylation is 1. The summed E-state index contributed by atoms with van der Waals surface area (Å²) in [4.78, 5) is -0.290. The first-order valence-corrected chi connectivity index (χ1v) is 7.62. The number of nitrogens with one attached hydrogen (secondary N) is 2. The van der Waals surface area contributed by atoms with Crippen molar-refractivity contribution < 1.29 is 12.8 Å². The summed E-state index contributed by atoms with van der Waals surface area (Å²) in [6, 6.07) is 4.36. The molecule has 0 unspecified atom stereocenters. The highest BCUT2D eigenvalue weighted by Gasteiger charge is 2.20. The standard InChI is InChI=1S/C13H17FN2O2S/c1-10-3-2-4-12(13(10)14)19(17,18)16-9-11-5-7-15-8-6-11/h2-5,15-16H,6-9H2,1H3. The molecule has 104 valence electrons. The molecule has 0 aromatic heterocycles. The molecule has 1 heterocycles. The van der Waals surface area contributed by atoms with Crippen molar-refractivity contribution in [1.29, 1.82) is 0 Å². The van der Waals surface area contributed by atoms with Gasteiger partial charge < -0.3 is 5.32 Å². The molecule has 1 aromatic rings. The normalized spacial score (nSPS) is 16.2. The summed E-state index contributed by atoms with van der Waals surface area (Å²) < 4.78 is 40.4. The van der Waals surface area contributed by atoms with Crippen LogP contribution in [0, 0.1) is 12.7 Å². The zero-order valence-electron chi connectivity index (χ0n) is 10.7. The number of rotatable bonds is 4. The van der Waals surface area contributed by atoms with Crippen molar-refractivity contribution in [1.82, 2.24) is 10.0 Å². The Morgan fingerprint density at radius 3 is 2.89 bits per heavy atom. The summed E-state index contributed by atoms with van der Waals surface area (Å²) in [7, 11) is -3.80. The molecule has 0 bridgehead atoms. The Labute approximate surface area is 112 Å². The van der Waals surface area contributed by atoms with Crippen molar-refractivity contribution >= 4 is 10.0 Å². The Morgan fingerprint density at radius 2 is 2.21 bits per heavy atom. The summed E-state index contributed by atoms with van der Waals surface area (Å²) in [5.41, 5.74) is 1.35. The minimum atomic E-state index is -3.80. The Morgan fingerprint density at radius 1 is 1.42 bits per heavy atom. The van der Waals surface area contributed by atoms with Gasteiger partial charge >= 0.3 is 0 Å². The fraction of sp³-hybridized carbons (Fsp3) is 0.385. The Bertz CT molecular complexity index is 597. The van der Waals surface area contributed by atoms with Gasteiger partial charge in [0, 0.05) is 13.1 Å². The van der Waals surface area contributed by atoms with Gasteiger partial charge in [-0.3, -0.25) is 0 Å². The van der Waals surface area contributed by atoms with Gasteiger partial charge in [-0.2, -0.15) is 0 Å². The van der Waals surface area contributed by atoms with Crippen LogP contribution >= 0.6 is 0 Å². The van der Waals surface area contributed by atoms with E-state index in [0.717, 1.165) is 25.1 Å². The summed E-state index contributed by atoms with van der Waals surface area (Å²) in [5.74, 6) is -0.686. The van der Waals surface area contributed by atoms with Crippen molar-refractivity contribution in [3.05, 3.63) is 41.2 Å². The lowest BCUT2D eigenvalue weighted by Gasteiger charge is -2.15. The molecule has 0 radical (unpaired) electrons. The molecule has 4 nitrogen and oxygen atoms in total. The van der Waals surface area contributed by atoms with E-state index >= 15 is 0 Å². The topological polar surface area (TPSA) is 58.2 Å². The summed E-state index contributed by atoms with van der Waals surface area (Å²) in [5, 5.41) is 3.15. The van der Waals surface area contributed by atoms with Crippen molar-refractivity contribution in [3.63, 3.8) is 0 Å². The molecule has 0 aliphatic carbocycles. The van der Waals surface area contributed by atoms with Gasteiger partial charge in [0.15, 0.2) is 0 Å². The molecular weight excluding hydrogens is 267 g/mol. The SMILES string of the molecule is Cc1cccc(S(=O)(=O)NCC2=CCNCC2)c1F. The predicted molar refractivity (Wildman–Crippen MR) is 71.9 cm³/mol. The molecule has 1 aromatic carbocycles. The van der Waals surface area contributed by atoms with E-state index in [1.165, 1.54) is 12.1 Å². The van der Waals surface area contributed by atoms with Gasteiger partial charge in [-0.1, -0.05) is 23.8 Å². The number of hydrogen-bond donors (Lipinski definition) is 2. The quantitative estimate of drug-likeness (QED) is 0.820. The lowest BCUT2D eigenvalue weighted by molar-refractivity contribution is 0.554. The fourth-order valence-electron chi connectivity index (χ4n) is 1.92. The Hall–Kier alpha value is -1.24. The second kappa shape index (κ2) is 5.81. The molecule has 1 aliphatic rings. The van der Waals surface area contributed by atoms with E-state index in [0.29, 0.717) is 5.56 Å². The molecule has 1 aliphatic heterocycles. The zero-order valence-corrected chi connectivity index (χ0v) is 11.6. The van der Waals surface area contributed by atoms with Crippen LogP contribution in [-0.4, -0.2) is 28.1 Å². The van der Waals surface area contributed by atoms with Crippen LogP contribution in [-0.2, 0) is 10.0 Å². The first-order chi connectivity index (χ1) is 9.00. The van der Waals surface area contributed by atoms with Gasteiger partial charge in [0.25, 0.3) is 0 Å². The van der Waals surface area contributed by atoms with E-state index in [-0.39, 0.29) is 11.4 Å². The maximum atomic E-state index is 13.8. The minimum absolute atomic E-state index is 0.234. The number of hydrogen-bond acceptors (Lipinski definition) is 3. The highest BCUT2D eigenvalue weighted by Crippen LogP contribution is 2.17. The van der Waals surface area contributed by atoms with Crippen LogP contribution in [0.25, 0.3) is 0 Å². The highest BCUT2D eigenvalue weighted by atomic mass is 32.2. The van der Waals surface area contributed by atoms with Gasteiger partial charge in [-0.15, -0.1) is 0 Å². The number of benzene rings is 1. The van der Waals surface area contributed by atoms with Crippen LogP contribution in [0.2, 0.25) is 0 Å². The molecule has 19 heavy (non-hydrogen) atoms. The second-order valence-corrected chi connectivity index (χ2v) is 6.26. The molecule has 0 amide bonds. The number of sulfonamides is 1. The van der Waals surface area contributed by atoms with Crippen LogP contribution in [0.5, 0.6) is 0 Å². The van der Waals surface area contributed by atoms with Crippen LogP contribution in [0.1, 0.15) is 12.0 Å². The van der Waals surface area contributed by atoms with E-state index < -0.39 is 15.8 Å². The van der Waals surface area contributed by atoms with Crippen molar-refractivity contribution in [2.45, 2.75) is 18.2 Å². The van der Waals surface area contributed by atoms with E-state index in [1.54, 1.807) is 13.0 Å². The molecule has 0 saturated heterocycles. The Balaban J connectivity index is 2.14. The van der Waals surface area contributed by atoms with Crippen molar-refractivity contribution in [2.24, 2.45) is 0 Å². The van der Waals surface area contributed by atoms with Crippen LogP contribution in [0.15, 0.2) is 34.7 Å². The third kappa shape index (κ3) is 3.40. The van der Waals surface area contributed by atoms with Gasteiger partial charge in [-0.25, -0.2) is 17.5 Å². The smallest absolute Gasteiger partial charge is 0.243 e. The lowest BCUT2D eigenvalue weighted by Crippen LogP contribution is -2.30. The van der Waals surface area contributed by atoms with Gasteiger partial charge in [0.2, 0.25) is 10.0 Å². The third-order valence-electron chi connectivity index (χ3n) is 3.09. The predicted octanol–water partition coefficient (Wildman–Crippen LogP) is 1.33.